The van der Waals surface area contributed by atoms with Crippen LogP contribution in [0, 0.1) is 20.8 Å². The summed E-state index contributed by atoms with van der Waals surface area (Å²) in [4.78, 5) is 9.10. The Balaban J connectivity index is 0.00000300. The van der Waals surface area contributed by atoms with Crippen LogP contribution in [0.15, 0.2) is 39.7 Å². The number of halogens is 1. The normalized spacial score (nSPS) is 12.4. The summed E-state index contributed by atoms with van der Waals surface area (Å²) in [7, 11) is 1.94. The van der Waals surface area contributed by atoms with Crippen LogP contribution < -0.4 is 10.6 Å². The minimum absolute atomic E-state index is 0. The van der Waals surface area contributed by atoms with E-state index in [0.29, 0.717) is 24.9 Å². The number of nitrogens with zero attached hydrogens (tertiary/aromatic N) is 5. The molecule has 0 amide bonds. The number of aromatic nitrogens is 4. The summed E-state index contributed by atoms with van der Waals surface area (Å²) >= 11 is 0. The summed E-state index contributed by atoms with van der Waals surface area (Å²) in [6, 6.07) is 10.3. The summed E-state index contributed by atoms with van der Waals surface area (Å²) in [5.74, 6) is 3.78. The van der Waals surface area contributed by atoms with Crippen molar-refractivity contribution in [3.8, 4) is 0 Å². The van der Waals surface area contributed by atoms with Crippen LogP contribution in [0.2, 0.25) is 0 Å². The van der Waals surface area contributed by atoms with Gasteiger partial charge in [0.25, 0.3) is 0 Å². The van der Waals surface area contributed by atoms with Crippen LogP contribution in [-0.4, -0.2) is 25.7 Å². The first-order valence-electron chi connectivity index (χ1n) is 9.31. The van der Waals surface area contributed by atoms with Crippen LogP contribution in [-0.2, 0) is 20.1 Å². The molecule has 0 radical (unpaired) electrons. The number of aryl methyl sites for hydroxylation is 3. The Hall–Kier alpha value is -2.43. The van der Waals surface area contributed by atoms with E-state index in [2.05, 4.69) is 49.9 Å². The van der Waals surface area contributed by atoms with Gasteiger partial charge in [-0.15, -0.1) is 34.2 Å². The lowest BCUT2D eigenvalue weighted by atomic mass is 10.1. The summed E-state index contributed by atoms with van der Waals surface area (Å²) < 4.78 is 7.59. The molecule has 0 aliphatic carbocycles. The standard InChI is InChI=1S/C20H27N7O.HI/c1-13-15(3)28-19(23-13)12-22-20(21-11-18-26-25-16(4)27(18)5)24-14(2)17-9-7-6-8-10-17;/h6-10,14H,11-12H2,1-5H3,(H2,21,22,24);1H. The number of nitrogens with one attached hydrogen (secondary N) is 2. The fourth-order valence-corrected chi connectivity index (χ4v) is 2.70. The van der Waals surface area contributed by atoms with Crippen LogP contribution in [0.1, 0.15) is 47.5 Å². The Morgan fingerprint density at radius 2 is 1.90 bits per heavy atom. The van der Waals surface area contributed by atoms with E-state index in [9.17, 15) is 0 Å². The van der Waals surface area contributed by atoms with Crippen LogP contribution in [0.25, 0.3) is 0 Å². The number of guanidine groups is 1. The zero-order valence-corrected chi connectivity index (χ0v) is 19.8. The molecule has 3 aromatic rings. The van der Waals surface area contributed by atoms with Crippen molar-refractivity contribution < 1.29 is 4.42 Å². The van der Waals surface area contributed by atoms with Crippen LogP contribution in [0.5, 0.6) is 0 Å². The fourth-order valence-electron chi connectivity index (χ4n) is 2.70. The zero-order valence-electron chi connectivity index (χ0n) is 17.4. The minimum Gasteiger partial charge on any atom is -0.444 e. The summed E-state index contributed by atoms with van der Waals surface area (Å²) in [6.45, 7) is 8.72. The predicted molar refractivity (Wildman–Crippen MR) is 123 cm³/mol. The molecule has 3 rings (SSSR count). The maximum Gasteiger partial charge on any atom is 0.214 e. The topological polar surface area (TPSA) is 93.2 Å². The second-order valence-corrected chi connectivity index (χ2v) is 6.77. The van der Waals surface area contributed by atoms with E-state index in [4.69, 9.17) is 4.42 Å². The highest BCUT2D eigenvalue weighted by Crippen LogP contribution is 2.12. The van der Waals surface area contributed by atoms with E-state index >= 15 is 0 Å². The molecule has 0 saturated carbocycles. The number of rotatable bonds is 6. The summed E-state index contributed by atoms with van der Waals surface area (Å²) in [6.07, 6.45) is 0. The summed E-state index contributed by atoms with van der Waals surface area (Å²) in [5.41, 5.74) is 2.07. The number of benzene rings is 1. The number of hydrogen-bond donors (Lipinski definition) is 2. The molecular formula is C20H28IN7O. The third-order valence-corrected chi connectivity index (χ3v) is 4.69. The van der Waals surface area contributed by atoms with E-state index < -0.39 is 0 Å². The van der Waals surface area contributed by atoms with Gasteiger partial charge in [0.05, 0.1) is 18.3 Å². The van der Waals surface area contributed by atoms with Gasteiger partial charge in [-0.3, -0.25) is 0 Å². The van der Waals surface area contributed by atoms with E-state index in [0.717, 1.165) is 23.1 Å². The maximum atomic E-state index is 5.66. The lowest BCUT2D eigenvalue weighted by molar-refractivity contribution is 0.463. The largest absolute Gasteiger partial charge is 0.444 e. The average molecular weight is 509 g/mol. The molecule has 29 heavy (non-hydrogen) atoms. The molecule has 0 saturated heterocycles. The zero-order chi connectivity index (χ0) is 20.1. The minimum atomic E-state index is 0. The van der Waals surface area contributed by atoms with Gasteiger partial charge in [0.15, 0.2) is 11.8 Å². The van der Waals surface area contributed by atoms with E-state index in [1.165, 1.54) is 5.56 Å². The third-order valence-electron chi connectivity index (χ3n) is 4.69. The van der Waals surface area contributed by atoms with E-state index in [1.54, 1.807) is 0 Å². The first-order valence-corrected chi connectivity index (χ1v) is 9.31. The second kappa shape index (κ2) is 10.4. The molecule has 0 fully saturated rings. The highest BCUT2D eigenvalue weighted by Gasteiger charge is 2.11. The van der Waals surface area contributed by atoms with Gasteiger partial charge < -0.3 is 19.6 Å². The molecule has 1 unspecified atom stereocenters. The van der Waals surface area contributed by atoms with Crippen molar-refractivity contribution in [2.24, 2.45) is 12.0 Å². The number of aliphatic imine (C=N–C) groups is 1. The van der Waals surface area contributed by atoms with Gasteiger partial charge in [0.2, 0.25) is 5.89 Å². The van der Waals surface area contributed by atoms with Gasteiger partial charge in [-0.2, -0.15) is 0 Å². The van der Waals surface area contributed by atoms with Gasteiger partial charge >= 0.3 is 0 Å². The predicted octanol–water partition coefficient (Wildman–Crippen LogP) is 3.34. The van der Waals surface area contributed by atoms with Crippen molar-refractivity contribution in [2.75, 3.05) is 0 Å². The van der Waals surface area contributed by atoms with Crippen molar-refractivity contribution >= 4 is 29.9 Å². The van der Waals surface area contributed by atoms with Crippen molar-refractivity contribution in [3.05, 3.63) is 64.9 Å². The van der Waals surface area contributed by atoms with Gasteiger partial charge in [0.1, 0.15) is 18.1 Å². The maximum absolute atomic E-state index is 5.66. The smallest absolute Gasteiger partial charge is 0.214 e. The first kappa shape index (κ1) is 22.9. The van der Waals surface area contributed by atoms with Gasteiger partial charge in [-0.1, -0.05) is 30.3 Å². The molecule has 0 aliphatic rings. The Kier molecular flexibility index (Phi) is 8.18. The van der Waals surface area contributed by atoms with E-state index in [-0.39, 0.29) is 30.0 Å². The van der Waals surface area contributed by atoms with E-state index in [1.807, 2.05) is 50.6 Å². The molecule has 0 aliphatic heterocycles. The van der Waals surface area contributed by atoms with Crippen LogP contribution in [0.3, 0.4) is 0 Å². The molecule has 8 nitrogen and oxygen atoms in total. The quantitative estimate of drug-likeness (QED) is 0.301. The van der Waals surface area contributed by atoms with Gasteiger partial charge in [0, 0.05) is 7.05 Å². The molecule has 0 spiro atoms. The molecule has 2 aromatic heterocycles. The second-order valence-electron chi connectivity index (χ2n) is 6.77. The molecule has 1 aromatic carbocycles. The lowest BCUT2D eigenvalue weighted by Crippen LogP contribution is -2.38. The Bertz CT molecular complexity index is 930. The van der Waals surface area contributed by atoms with Crippen molar-refractivity contribution in [1.29, 1.82) is 0 Å². The molecular weight excluding hydrogens is 481 g/mol. The van der Waals surface area contributed by atoms with Crippen molar-refractivity contribution in [2.45, 2.75) is 46.8 Å². The highest BCUT2D eigenvalue weighted by atomic mass is 127. The molecule has 156 valence electrons. The highest BCUT2D eigenvalue weighted by molar-refractivity contribution is 14.0. The summed E-state index contributed by atoms with van der Waals surface area (Å²) in [5, 5.41) is 15.0. The Labute approximate surface area is 188 Å². The Morgan fingerprint density at radius 3 is 2.48 bits per heavy atom. The number of oxazole rings is 1. The van der Waals surface area contributed by atoms with Crippen molar-refractivity contribution in [1.82, 2.24) is 30.4 Å². The molecule has 1 atom stereocenters. The molecule has 2 heterocycles. The monoisotopic (exact) mass is 509 g/mol. The number of hydrogen-bond acceptors (Lipinski definition) is 5. The van der Waals surface area contributed by atoms with Crippen LogP contribution in [0.4, 0.5) is 0 Å². The molecule has 0 bridgehead atoms. The first-order chi connectivity index (χ1) is 13.4. The van der Waals surface area contributed by atoms with Gasteiger partial charge in [-0.25, -0.2) is 9.98 Å². The average Bonchev–Trinajstić information content (AvgIpc) is 3.19. The SMILES string of the molecule is Cc1nc(CNC(=NCc2nnc(C)n2C)NC(C)c2ccccc2)oc1C.I. The third kappa shape index (κ3) is 6.02. The fraction of sp³-hybridized carbons (Fsp3) is 0.400. The molecule has 2 N–H and O–H groups in total. The van der Waals surface area contributed by atoms with Gasteiger partial charge in [-0.05, 0) is 33.3 Å². The lowest BCUT2D eigenvalue weighted by Gasteiger charge is -2.18. The van der Waals surface area contributed by atoms with Crippen molar-refractivity contribution in [3.63, 3.8) is 0 Å². The Morgan fingerprint density at radius 1 is 1.17 bits per heavy atom. The molecule has 9 heteroatoms. The van der Waals surface area contributed by atoms with Crippen LogP contribution >= 0.6 is 24.0 Å².